The lowest BCUT2D eigenvalue weighted by atomic mass is 10.2. The molecule has 4 rings (SSSR count). The molecule has 0 spiro atoms. The van der Waals surface area contributed by atoms with E-state index in [9.17, 15) is 9.59 Å². The number of nitrogens with one attached hydrogen (secondary N) is 2. The molecule has 1 heterocycles. The molecule has 0 saturated heterocycles. The minimum absolute atomic E-state index is 0.198. The van der Waals surface area contributed by atoms with E-state index in [1.807, 2.05) is 54.6 Å². The standard InChI is InChI=1S/C24H21N5O2S/c1-15(23(31)27-18-13-11-16(12-14-18)21(25)30)32-24-28-20-10-6-5-9-19(20)22(29-24)26-17-7-3-2-4-8-17/h2-15H,1H3,(H2,25,30)(H,27,31)(H,26,28,29)/t15-/m0/s1. The zero-order valence-electron chi connectivity index (χ0n) is 17.3. The molecule has 7 nitrogen and oxygen atoms in total. The largest absolute Gasteiger partial charge is 0.366 e. The third-order valence-electron chi connectivity index (χ3n) is 4.71. The molecule has 2 amide bonds. The van der Waals surface area contributed by atoms with Crippen LogP contribution in [0.2, 0.25) is 0 Å². The van der Waals surface area contributed by atoms with Crippen LogP contribution in [0.15, 0.2) is 84.0 Å². The molecular formula is C24H21N5O2S. The summed E-state index contributed by atoms with van der Waals surface area (Å²) in [6.45, 7) is 1.79. The number of nitrogens with two attached hydrogens (primary N) is 1. The average molecular weight is 444 g/mol. The van der Waals surface area contributed by atoms with Gasteiger partial charge in [0.15, 0.2) is 5.16 Å². The maximum atomic E-state index is 12.7. The van der Waals surface area contributed by atoms with Crippen LogP contribution >= 0.6 is 11.8 Å². The number of hydrogen-bond acceptors (Lipinski definition) is 6. The van der Waals surface area contributed by atoms with Crippen molar-refractivity contribution < 1.29 is 9.59 Å². The van der Waals surface area contributed by atoms with Crippen LogP contribution in [0, 0.1) is 0 Å². The SMILES string of the molecule is C[C@H](Sc1nc(Nc2ccccc2)c2ccccc2n1)C(=O)Nc1ccc(C(N)=O)cc1. The van der Waals surface area contributed by atoms with Gasteiger partial charge in [-0.15, -0.1) is 0 Å². The van der Waals surface area contributed by atoms with Crippen molar-refractivity contribution in [2.45, 2.75) is 17.3 Å². The van der Waals surface area contributed by atoms with Gasteiger partial charge in [0.1, 0.15) is 5.82 Å². The van der Waals surface area contributed by atoms with Crippen molar-refractivity contribution in [2.24, 2.45) is 5.73 Å². The number of fused-ring (bicyclic) bond motifs is 1. The molecule has 32 heavy (non-hydrogen) atoms. The van der Waals surface area contributed by atoms with Crippen LogP contribution in [-0.2, 0) is 4.79 Å². The van der Waals surface area contributed by atoms with Crippen molar-refractivity contribution >= 4 is 51.7 Å². The number of amides is 2. The summed E-state index contributed by atoms with van der Waals surface area (Å²) >= 11 is 1.27. The number of anilines is 3. The number of nitrogens with zero attached hydrogens (tertiary/aromatic N) is 2. The summed E-state index contributed by atoms with van der Waals surface area (Å²) in [5.74, 6) is -0.0322. The molecule has 0 saturated carbocycles. The lowest BCUT2D eigenvalue weighted by molar-refractivity contribution is -0.115. The highest BCUT2D eigenvalue weighted by molar-refractivity contribution is 8.00. The topological polar surface area (TPSA) is 110 Å². The molecule has 1 atom stereocenters. The van der Waals surface area contributed by atoms with Crippen LogP contribution < -0.4 is 16.4 Å². The first-order valence-electron chi connectivity index (χ1n) is 9.96. The van der Waals surface area contributed by atoms with E-state index < -0.39 is 11.2 Å². The van der Waals surface area contributed by atoms with Crippen molar-refractivity contribution in [1.82, 2.24) is 9.97 Å². The Hall–Kier alpha value is -3.91. The van der Waals surface area contributed by atoms with E-state index in [1.165, 1.54) is 11.8 Å². The van der Waals surface area contributed by atoms with Crippen molar-refractivity contribution in [3.63, 3.8) is 0 Å². The Morgan fingerprint density at radius 2 is 1.56 bits per heavy atom. The van der Waals surface area contributed by atoms with E-state index in [0.717, 1.165) is 16.6 Å². The Morgan fingerprint density at radius 1 is 0.875 bits per heavy atom. The Labute approximate surface area is 189 Å². The summed E-state index contributed by atoms with van der Waals surface area (Å²) in [5.41, 5.74) is 7.92. The van der Waals surface area contributed by atoms with Crippen LogP contribution in [0.5, 0.6) is 0 Å². The molecule has 0 aliphatic heterocycles. The fraction of sp³-hybridized carbons (Fsp3) is 0.0833. The Morgan fingerprint density at radius 3 is 2.28 bits per heavy atom. The molecule has 4 aromatic rings. The lowest BCUT2D eigenvalue weighted by Gasteiger charge is -2.14. The van der Waals surface area contributed by atoms with E-state index in [2.05, 4.69) is 20.6 Å². The number of carbonyl (C=O) groups is 2. The predicted molar refractivity (Wildman–Crippen MR) is 128 cm³/mol. The summed E-state index contributed by atoms with van der Waals surface area (Å²) in [6, 6.07) is 23.9. The van der Waals surface area contributed by atoms with Gasteiger partial charge in [0.2, 0.25) is 11.8 Å². The molecule has 0 aliphatic rings. The van der Waals surface area contributed by atoms with Crippen LogP contribution in [-0.4, -0.2) is 27.0 Å². The molecule has 0 bridgehead atoms. The number of benzene rings is 3. The number of para-hydroxylation sites is 2. The maximum Gasteiger partial charge on any atom is 0.248 e. The van der Waals surface area contributed by atoms with Gasteiger partial charge in [-0.2, -0.15) is 0 Å². The second kappa shape index (κ2) is 9.49. The number of rotatable bonds is 7. The van der Waals surface area contributed by atoms with Crippen LogP contribution in [0.3, 0.4) is 0 Å². The Bertz CT molecular complexity index is 1260. The van der Waals surface area contributed by atoms with E-state index in [4.69, 9.17) is 5.73 Å². The van der Waals surface area contributed by atoms with Gasteiger partial charge >= 0.3 is 0 Å². The predicted octanol–water partition coefficient (Wildman–Crippen LogP) is 4.59. The smallest absolute Gasteiger partial charge is 0.248 e. The first kappa shape index (κ1) is 21.3. The highest BCUT2D eigenvalue weighted by Gasteiger charge is 2.18. The summed E-state index contributed by atoms with van der Waals surface area (Å²) in [7, 11) is 0. The molecule has 1 aromatic heterocycles. The van der Waals surface area contributed by atoms with Gasteiger partial charge in [-0.05, 0) is 55.5 Å². The van der Waals surface area contributed by atoms with Crippen LogP contribution in [0.4, 0.5) is 17.2 Å². The van der Waals surface area contributed by atoms with Crippen LogP contribution in [0.1, 0.15) is 17.3 Å². The van der Waals surface area contributed by atoms with E-state index in [0.29, 0.717) is 22.2 Å². The first-order valence-corrected chi connectivity index (χ1v) is 10.8. The molecular weight excluding hydrogens is 422 g/mol. The number of aromatic nitrogens is 2. The number of thioether (sulfide) groups is 1. The molecule has 0 unspecified atom stereocenters. The zero-order valence-corrected chi connectivity index (χ0v) is 18.1. The monoisotopic (exact) mass is 443 g/mol. The Kier molecular flexibility index (Phi) is 6.32. The Balaban J connectivity index is 1.52. The minimum atomic E-state index is -0.514. The average Bonchev–Trinajstić information content (AvgIpc) is 2.80. The summed E-state index contributed by atoms with van der Waals surface area (Å²) in [6.07, 6.45) is 0. The molecule has 0 radical (unpaired) electrons. The van der Waals surface area contributed by atoms with Crippen molar-refractivity contribution in [2.75, 3.05) is 10.6 Å². The summed E-state index contributed by atoms with van der Waals surface area (Å²) in [4.78, 5) is 33.2. The number of hydrogen-bond donors (Lipinski definition) is 3. The van der Waals surface area contributed by atoms with Crippen molar-refractivity contribution in [1.29, 1.82) is 0 Å². The molecule has 4 N–H and O–H groups in total. The van der Waals surface area contributed by atoms with Crippen molar-refractivity contribution in [3.8, 4) is 0 Å². The number of primary amides is 1. The van der Waals surface area contributed by atoms with Gasteiger partial charge in [0.05, 0.1) is 10.8 Å². The molecule has 160 valence electrons. The fourth-order valence-electron chi connectivity index (χ4n) is 3.03. The van der Waals surface area contributed by atoms with E-state index in [1.54, 1.807) is 31.2 Å². The van der Waals surface area contributed by atoms with Gasteiger partial charge in [-0.1, -0.05) is 42.1 Å². The molecule has 0 fully saturated rings. The van der Waals surface area contributed by atoms with Gasteiger partial charge in [0.25, 0.3) is 0 Å². The van der Waals surface area contributed by atoms with Gasteiger partial charge < -0.3 is 16.4 Å². The van der Waals surface area contributed by atoms with Gasteiger partial charge in [-0.25, -0.2) is 9.97 Å². The fourth-order valence-corrected chi connectivity index (χ4v) is 3.81. The molecule has 0 aliphatic carbocycles. The highest BCUT2D eigenvalue weighted by Crippen LogP contribution is 2.29. The first-order chi connectivity index (χ1) is 15.5. The molecule has 3 aromatic carbocycles. The zero-order chi connectivity index (χ0) is 22.5. The lowest BCUT2D eigenvalue weighted by Crippen LogP contribution is -2.22. The van der Waals surface area contributed by atoms with E-state index >= 15 is 0 Å². The van der Waals surface area contributed by atoms with Crippen molar-refractivity contribution in [3.05, 3.63) is 84.4 Å². The quantitative estimate of drug-likeness (QED) is 0.285. The second-order valence-electron chi connectivity index (χ2n) is 7.05. The molecule has 8 heteroatoms. The van der Waals surface area contributed by atoms with Gasteiger partial charge in [0, 0.05) is 22.3 Å². The third-order valence-corrected chi connectivity index (χ3v) is 5.67. The summed E-state index contributed by atoms with van der Waals surface area (Å²) in [5, 5.41) is 7.12. The number of carbonyl (C=O) groups excluding carboxylic acids is 2. The second-order valence-corrected chi connectivity index (χ2v) is 8.36. The third kappa shape index (κ3) is 5.04. The minimum Gasteiger partial charge on any atom is -0.366 e. The van der Waals surface area contributed by atoms with Gasteiger partial charge in [-0.3, -0.25) is 9.59 Å². The van der Waals surface area contributed by atoms with E-state index in [-0.39, 0.29) is 5.91 Å². The normalized spacial score (nSPS) is 11.7. The maximum absolute atomic E-state index is 12.7. The summed E-state index contributed by atoms with van der Waals surface area (Å²) < 4.78 is 0. The van der Waals surface area contributed by atoms with Crippen LogP contribution in [0.25, 0.3) is 10.9 Å². The highest BCUT2D eigenvalue weighted by atomic mass is 32.2.